The fourth-order valence-corrected chi connectivity index (χ4v) is 1.18. The summed E-state index contributed by atoms with van der Waals surface area (Å²) in [6, 6.07) is -0.310. The smallest absolute Gasteiger partial charge is 0.242 e. The monoisotopic (exact) mass is 156 g/mol. The largest absolute Gasteiger partial charge is 0.354 e. The van der Waals surface area contributed by atoms with Gasteiger partial charge < -0.3 is 10.6 Å². The maximum absolute atomic E-state index is 11.1. The van der Waals surface area contributed by atoms with Crippen molar-refractivity contribution in [1.29, 1.82) is 0 Å². The number of amides is 2. The molecule has 4 heteroatoms. The minimum atomic E-state index is -0.310. The number of hydrogen-bond acceptors (Lipinski definition) is 2. The van der Waals surface area contributed by atoms with Crippen molar-refractivity contribution in [3.63, 3.8) is 0 Å². The summed E-state index contributed by atoms with van der Waals surface area (Å²) in [7, 11) is 0. The molecule has 1 saturated heterocycles. The molecular weight excluding hydrogens is 144 g/mol. The van der Waals surface area contributed by atoms with Crippen LogP contribution in [0.2, 0.25) is 0 Å². The molecule has 62 valence electrons. The van der Waals surface area contributed by atoms with E-state index >= 15 is 0 Å². The minimum Gasteiger partial charge on any atom is -0.354 e. The van der Waals surface area contributed by atoms with Crippen molar-refractivity contribution in [2.24, 2.45) is 0 Å². The first kappa shape index (κ1) is 8.04. The molecular formula is C7H12N2O2. The van der Waals surface area contributed by atoms with E-state index in [0.29, 0.717) is 6.41 Å². The van der Waals surface area contributed by atoms with Crippen LogP contribution in [-0.4, -0.2) is 24.9 Å². The zero-order valence-corrected chi connectivity index (χ0v) is 6.30. The average molecular weight is 156 g/mol. The summed E-state index contributed by atoms with van der Waals surface area (Å²) in [5.74, 6) is -0.0606. The second kappa shape index (κ2) is 3.95. The predicted octanol–water partition coefficient (Wildman–Crippen LogP) is -0.599. The van der Waals surface area contributed by atoms with E-state index in [1.165, 1.54) is 0 Å². The van der Waals surface area contributed by atoms with E-state index in [2.05, 4.69) is 10.6 Å². The van der Waals surface area contributed by atoms with E-state index in [4.69, 9.17) is 0 Å². The molecule has 1 rings (SSSR count). The molecule has 11 heavy (non-hydrogen) atoms. The Labute approximate surface area is 65.3 Å². The highest BCUT2D eigenvalue weighted by Crippen LogP contribution is 2.03. The van der Waals surface area contributed by atoms with Crippen molar-refractivity contribution in [2.45, 2.75) is 25.3 Å². The van der Waals surface area contributed by atoms with Gasteiger partial charge in [-0.15, -0.1) is 0 Å². The Balaban J connectivity index is 2.45. The number of carbonyl (C=O) groups is 2. The van der Waals surface area contributed by atoms with Crippen LogP contribution in [0.25, 0.3) is 0 Å². The Bertz CT molecular complexity index is 159. The molecule has 1 unspecified atom stereocenters. The van der Waals surface area contributed by atoms with E-state index in [1.807, 2.05) is 0 Å². The van der Waals surface area contributed by atoms with Crippen molar-refractivity contribution < 1.29 is 9.59 Å². The number of nitrogens with one attached hydrogen (secondary N) is 2. The van der Waals surface area contributed by atoms with Crippen LogP contribution in [0, 0.1) is 0 Å². The topological polar surface area (TPSA) is 58.2 Å². The number of hydrogen-bond donors (Lipinski definition) is 2. The van der Waals surface area contributed by atoms with Crippen LogP contribution in [0.5, 0.6) is 0 Å². The molecule has 0 spiro atoms. The Hall–Kier alpha value is -1.06. The SMILES string of the molecule is O=CNC1CCCCNC1=O. The normalized spacial score (nSPS) is 25.1. The standard InChI is InChI=1S/C7H12N2O2/c10-5-9-6-3-1-2-4-8-7(6)11/h5-6H,1-4H2,(H,8,11)(H,9,10). The molecule has 0 aliphatic carbocycles. The van der Waals surface area contributed by atoms with E-state index < -0.39 is 0 Å². The van der Waals surface area contributed by atoms with E-state index in [-0.39, 0.29) is 11.9 Å². The lowest BCUT2D eigenvalue weighted by atomic mass is 10.1. The molecule has 1 fully saturated rings. The van der Waals surface area contributed by atoms with Gasteiger partial charge in [-0.1, -0.05) is 0 Å². The van der Waals surface area contributed by atoms with Gasteiger partial charge in [-0.3, -0.25) is 9.59 Å². The minimum absolute atomic E-state index is 0.0606. The summed E-state index contributed by atoms with van der Waals surface area (Å²) in [4.78, 5) is 21.1. The lowest BCUT2D eigenvalue weighted by Crippen LogP contribution is -2.42. The van der Waals surface area contributed by atoms with Gasteiger partial charge in [-0.2, -0.15) is 0 Å². The van der Waals surface area contributed by atoms with Gasteiger partial charge >= 0.3 is 0 Å². The van der Waals surface area contributed by atoms with Crippen molar-refractivity contribution in [2.75, 3.05) is 6.54 Å². The Morgan fingerprint density at radius 3 is 3.09 bits per heavy atom. The maximum atomic E-state index is 11.1. The summed E-state index contributed by atoms with van der Waals surface area (Å²) < 4.78 is 0. The molecule has 1 aliphatic heterocycles. The summed E-state index contributed by atoms with van der Waals surface area (Å²) in [6.07, 6.45) is 3.33. The molecule has 1 aliphatic rings. The Morgan fingerprint density at radius 2 is 2.36 bits per heavy atom. The van der Waals surface area contributed by atoms with E-state index in [9.17, 15) is 9.59 Å². The lowest BCUT2D eigenvalue weighted by Gasteiger charge is -2.10. The fourth-order valence-electron chi connectivity index (χ4n) is 1.18. The molecule has 0 bridgehead atoms. The van der Waals surface area contributed by atoms with Crippen LogP contribution in [-0.2, 0) is 9.59 Å². The van der Waals surface area contributed by atoms with E-state index in [1.54, 1.807) is 0 Å². The average Bonchev–Trinajstić information content (AvgIpc) is 2.18. The first-order valence-corrected chi connectivity index (χ1v) is 3.82. The fraction of sp³-hybridized carbons (Fsp3) is 0.714. The van der Waals surface area contributed by atoms with Crippen LogP contribution < -0.4 is 10.6 Å². The quantitative estimate of drug-likeness (QED) is 0.524. The highest BCUT2D eigenvalue weighted by atomic mass is 16.2. The van der Waals surface area contributed by atoms with Crippen LogP contribution in [0.4, 0.5) is 0 Å². The van der Waals surface area contributed by atoms with Gasteiger partial charge in [0.25, 0.3) is 0 Å². The highest BCUT2D eigenvalue weighted by molar-refractivity contribution is 5.83. The number of rotatable bonds is 2. The first-order valence-electron chi connectivity index (χ1n) is 3.82. The van der Waals surface area contributed by atoms with Crippen molar-refractivity contribution in [3.8, 4) is 0 Å². The van der Waals surface area contributed by atoms with Crippen molar-refractivity contribution in [1.82, 2.24) is 10.6 Å². The second-order valence-electron chi connectivity index (χ2n) is 2.62. The molecule has 0 aromatic heterocycles. The molecule has 2 amide bonds. The molecule has 0 aromatic carbocycles. The lowest BCUT2D eigenvalue weighted by molar-refractivity contribution is -0.125. The van der Waals surface area contributed by atoms with Gasteiger partial charge in [0.1, 0.15) is 6.04 Å². The third-order valence-electron chi connectivity index (χ3n) is 1.80. The zero-order chi connectivity index (χ0) is 8.10. The summed E-state index contributed by atoms with van der Waals surface area (Å²) in [5.41, 5.74) is 0. The van der Waals surface area contributed by atoms with Gasteiger partial charge in [0.05, 0.1) is 0 Å². The van der Waals surface area contributed by atoms with Crippen molar-refractivity contribution >= 4 is 12.3 Å². The summed E-state index contributed by atoms with van der Waals surface area (Å²) >= 11 is 0. The van der Waals surface area contributed by atoms with Crippen LogP contribution in [0.3, 0.4) is 0 Å². The van der Waals surface area contributed by atoms with E-state index in [0.717, 1.165) is 25.8 Å². The molecule has 0 radical (unpaired) electrons. The van der Waals surface area contributed by atoms with Crippen LogP contribution >= 0.6 is 0 Å². The summed E-state index contributed by atoms with van der Waals surface area (Å²) in [6.45, 7) is 0.732. The molecule has 0 saturated carbocycles. The third kappa shape index (κ3) is 2.22. The molecule has 1 atom stereocenters. The van der Waals surface area contributed by atoms with Gasteiger partial charge in [0.15, 0.2) is 0 Å². The first-order chi connectivity index (χ1) is 5.34. The Kier molecular flexibility index (Phi) is 2.89. The van der Waals surface area contributed by atoms with Gasteiger partial charge in [-0.05, 0) is 19.3 Å². The molecule has 1 heterocycles. The van der Waals surface area contributed by atoms with Crippen molar-refractivity contribution in [3.05, 3.63) is 0 Å². The zero-order valence-electron chi connectivity index (χ0n) is 6.30. The second-order valence-corrected chi connectivity index (χ2v) is 2.62. The number of carbonyl (C=O) groups excluding carboxylic acids is 2. The van der Waals surface area contributed by atoms with Crippen LogP contribution in [0.15, 0.2) is 0 Å². The van der Waals surface area contributed by atoms with Gasteiger partial charge in [0, 0.05) is 6.54 Å². The third-order valence-corrected chi connectivity index (χ3v) is 1.80. The molecule has 0 aromatic rings. The Morgan fingerprint density at radius 1 is 1.55 bits per heavy atom. The summed E-state index contributed by atoms with van der Waals surface area (Å²) in [5, 5.41) is 5.20. The van der Waals surface area contributed by atoms with Gasteiger partial charge in [-0.25, -0.2) is 0 Å². The highest BCUT2D eigenvalue weighted by Gasteiger charge is 2.18. The van der Waals surface area contributed by atoms with Crippen LogP contribution in [0.1, 0.15) is 19.3 Å². The molecule has 2 N–H and O–H groups in total. The van der Waals surface area contributed by atoms with Gasteiger partial charge in [0.2, 0.25) is 12.3 Å². The molecule has 4 nitrogen and oxygen atoms in total. The maximum Gasteiger partial charge on any atom is 0.242 e. The predicted molar refractivity (Wildman–Crippen MR) is 39.8 cm³/mol.